The van der Waals surface area contributed by atoms with E-state index in [2.05, 4.69) is 4.98 Å². The highest BCUT2D eigenvalue weighted by Crippen LogP contribution is 2.31. The van der Waals surface area contributed by atoms with Gasteiger partial charge in [-0.1, -0.05) is 0 Å². The second-order valence-corrected chi connectivity index (χ2v) is 2.92. The van der Waals surface area contributed by atoms with Gasteiger partial charge < -0.3 is 5.73 Å². The second-order valence-electron chi connectivity index (χ2n) is 2.92. The van der Waals surface area contributed by atoms with Crippen LogP contribution in [0.1, 0.15) is 23.2 Å². The molecular weight excluding hydrogens is 208 g/mol. The molecule has 1 rings (SSSR count). The van der Waals surface area contributed by atoms with Gasteiger partial charge in [-0.3, -0.25) is 10.1 Å². The Morgan fingerprint density at radius 3 is 2.67 bits per heavy atom. The first-order chi connectivity index (χ1) is 6.99. The number of alkyl halides is 2. The van der Waals surface area contributed by atoms with Crippen molar-refractivity contribution < 1.29 is 13.7 Å². The largest absolute Gasteiger partial charge is 0.326 e. The Morgan fingerprint density at radius 2 is 2.27 bits per heavy atom. The van der Waals surface area contributed by atoms with Gasteiger partial charge in [-0.05, 0) is 12.5 Å². The molecule has 1 heterocycles. The molecule has 0 aliphatic rings. The van der Waals surface area contributed by atoms with Crippen LogP contribution in [0.2, 0.25) is 0 Å². The molecule has 15 heavy (non-hydrogen) atoms. The molecule has 0 unspecified atom stereocenters. The summed E-state index contributed by atoms with van der Waals surface area (Å²) in [5, 5.41) is 10.6. The fraction of sp³-hybridized carbons (Fsp3) is 0.375. The van der Waals surface area contributed by atoms with Crippen LogP contribution in [0.15, 0.2) is 6.20 Å². The maximum Gasteiger partial charge on any atom is 0.301 e. The number of nitrogens with two attached hydrogens (primary N) is 1. The molecule has 0 saturated carbocycles. The summed E-state index contributed by atoms with van der Waals surface area (Å²) in [4.78, 5) is 13.1. The number of aromatic nitrogens is 1. The lowest BCUT2D eigenvalue weighted by molar-refractivity contribution is -0.387. The number of aryl methyl sites for hydroxylation is 1. The zero-order valence-corrected chi connectivity index (χ0v) is 7.91. The van der Waals surface area contributed by atoms with E-state index in [9.17, 15) is 18.9 Å². The zero-order valence-electron chi connectivity index (χ0n) is 7.91. The minimum atomic E-state index is -2.98. The molecule has 0 spiro atoms. The molecule has 82 valence electrons. The molecule has 0 aliphatic carbocycles. The summed E-state index contributed by atoms with van der Waals surface area (Å²) in [5.74, 6) is 0. The molecule has 5 nitrogen and oxygen atoms in total. The van der Waals surface area contributed by atoms with Gasteiger partial charge in [0.05, 0.1) is 10.5 Å². The maximum absolute atomic E-state index is 12.4. The van der Waals surface area contributed by atoms with Crippen molar-refractivity contribution in [2.45, 2.75) is 19.9 Å². The van der Waals surface area contributed by atoms with E-state index in [-0.39, 0.29) is 12.1 Å². The Balaban J connectivity index is 3.49. The highest BCUT2D eigenvalue weighted by molar-refractivity contribution is 5.48. The molecule has 0 aromatic carbocycles. The third-order valence-corrected chi connectivity index (χ3v) is 2.00. The Hall–Kier alpha value is -1.63. The van der Waals surface area contributed by atoms with Crippen LogP contribution in [0.25, 0.3) is 0 Å². The predicted octanol–water partition coefficient (Wildman–Crippen LogP) is 1.69. The number of halogens is 2. The van der Waals surface area contributed by atoms with Gasteiger partial charge in [-0.2, -0.15) is 0 Å². The van der Waals surface area contributed by atoms with Crippen molar-refractivity contribution in [3.63, 3.8) is 0 Å². The van der Waals surface area contributed by atoms with E-state index in [0.29, 0.717) is 5.56 Å². The first-order valence-electron chi connectivity index (χ1n) is 4.10. The van der Waals surface area contributed by atoms with E-state index in [1.54, 1.807) is 0 Å². The average molecular weight is 217 g/mol. The standard InChI is InChI=1S/C8H9F2N3O2/c1-4-3-12-6(8(9)10)7(13(14)15)5(4)2-11/h3,8H,2,11H2,1H3. The molecule has 0 bridgehead atoms. The summed E-state index contributed by atoms with van der Waals surface area (Å²) in [5.41, 5.74) is 4.32. The van der Waals surface area contributed by atoms with Gasteiger partial charge in [0, 0.05) is 12.7 Å². The molecule has 0 aliphatic heterocycles. The molecule has 1 aromatic heterocycles. The van der Waals surface area contributed by atoms with Gasteiger partial charge in [0.2, 0.25) is 0 Å². The van der Waals surface area contributed by atoms with E-state index < -0.39 is 22.7 Å². The van der Waals surface area contributed by atoms with Crippen molar-refractivity contribution in [2.24, 2.45) is 5.73 Å². The number of rotatable bonds is 3. The third-order valence-electron chi connectivity index (χ3n) is 2.00. The molecule has 7 heteroatoms. The number of hydrogen-bond donors (Lipinski definition) is 1. The smallest absolute Gasteiger partial charge is 0.301 e. The second kappa shape index (κ2) is 4.26. The minimum absolute atomic E-state index is 0.102. The van der Waals surface area contributed by atoms with Gasteiger partial charge in [0.1, 0.15) is 0 Å². The number of hydrogen-bond acceptors (Lipinski definition) is 4. The van der Waals surface area contributed by atoms with Crippen LogP contribution in [-0.2, 0) is 6.54 Å². The van der Waals surface area contributed by atoms with E-state index in [1.165, 1.54) is 6.92 Å². The maximum atomic E-state index is 12.4. The first kappa shape index (κ1) is 11.4. The third kappa shape index (κ3) is 2.07. The van der Waals surface area contributed by atoms with Crippen LogP contribution >= 0.6 is 0 Å². The van der Waals surface area contributed by atoms with E-state index in [4.69, 9.17) is 5.73 Å². The van der Waals surface area contributed by atoms with E-state index >= 15 is 0 Å². The molecule has 1 aromatic rings. The molecule has 0 saturated heterocycles. The molecule has 0 atom stereocenters. The highest BCUT2D eigenvalue weighted by atomic mass is 19.3. The topological polar surface area (TPSA) is 82.0 Å². The van der Waals surface area contributed by atoms with Gasteiger partial charge in [0.25, 0.3) is 6.43 Å². The SMILES string of the molecule is Cc1cnc(C(F)F)c([N+](=O)[O-])c1CN. The number of nitro groups is 1. The van der Waals surface area contributed by atoms with Crippen LogP contribution in [0.3, 0.4) is 0 Å². The summed E-state index contributed by atoms with van der Waals surface area (Å²) >= 11 is 0. The fourth-order valence-corrected chi connectivity index (χ4v) is 1.27. The minimum Gasteiger partial charge on any atom is -0.326 e. The van der Waals surface area contributed by atoms with Crippen LogP contribution in [-0.4, -0.2) is 9.91 Å². The molecule has 0 radical (unpaired) electrons. The van der Waals surface area contributed by atoms with E-state index in [1.807, 2.05) is 0 Å². The summed E-state index contributed by atoms with van der Waals surface area (Å²) in [6.45, 7) is 1.38. The predicted molar refractivity (Wildman–Crippen MR) is 48.5 cm³/mol. The zero-order chi connectivity index (χ0) is 11.6. The van der Waals surface area contributed by atoms with Crippen molar-refractivity contribution in [3.05, 3.63) is 33.1 Å². The van der Waals surface area contributed by atoms with E-state index in [0.717, 1.165) is 6.20 Å². The van der Waals surface area contributed by atoms with Crippen molar-refractivity contribution in [2.75, 3.05) is 0 Å². The van der Waals surface area contributed by atoms with Gasteiger partial charge in [0.15, 0.2) is 5.69 Å². The van der Waals surface area contributed by atoms with Crippen LogP contribution in [0.5, 0.6) is 0 Å². The van der Waals surface area contributed by atoms with Gasteiger partial charge >= 0.3 is 5.69 Å². The van der Waals surface area contributed by atoms with Crippen molar-refractivity contribution in [3.8, 4) is 0 Å². The van der Waals surface area contributed by atoms with Crippen LogP contribution in [0.4, 0.5) is 14.5 Å². The van der Waals surface area contributed by atoms with Crippen molar-refractivity contribution >= 4 is 5.69 Å². The summed E-state index contributed by atoms with van der Waals surface area (Å²) in [6.07, 6.45) is -1.81. The van der Waals surface area contributed by atoms with Crippen molar-refractivity contribution in [1.82, 2.24) is 4.98 Å². The summed E-state index contributed by atoms with van der Waals surface area (Å²) in [7, 11) is 0. The number of pyridine rings is 1. The van der Waals surface area contributed by atoms with Crippen LogP contribution in [0, 0.1) is 17.0 Å². The van der Waals surface area contributed by atoms with Crippen molar-refractivity contribution in [1.29, 1.82) is 0 Å². The van der Waals surface area contributed by atoms with Gasteiger partial charge in [-0.25, -0.2) is 13.8 Å². The van der Waals surface area contributed by atoms with Crippen LogP contribution < -0.4 is 5.73 Å². The Labute approximate surface area is 84.1 Å². The Bertz CT molecular complexity index is 396. The lowest BCUT2D eigenvalue weighted by Crippen LogP contribution is -2.09. The molecule has 0 fully saturated rings. The lowest BCUT2D eigenvalue weighted by Gasteiger charge is -2.07. The monoisotopic (exact) mass is 217 g/mol. The Kier molecular flexibility index (Phi) is 3.25. The summed E-state index contributed by atoms with van der Waals surface area (Å²) in [6, 6.07) is 0. The molecular formula is C8H9F2N3O2. The first-order valence-corrected chi connectivity index (χ1v) is 4.10. The Morgan fingerprint density at radius 1 is 1.67 bits per heavy atom. The average Bonchev–Trinajstić information content (AvgIpc) is 2.16. The summed E-state index contributed by atoms with van der Waals surface area (Å²) < 4.78 is 24.9. The van der Waals surface area contributed by atoms with Gasteiger partial charge in [-0.15, -0.1) is 0 Å². The lowest BCUT2D eigenvalue weighted by atomic mass is 10.1. The quantitative estimate of drug-likeness (QED) is 0.617. The highest BCUT2D eigenvalue weighted by Gasteiger charge is 2.27. The molecule has 2 N–H and O–H groups in total. The number of nitrogens with zero attached hydrogens (tertiary/aromatic N) is 2. The normalized spacial score (nSPS) is 10.7. The fourth-order valence-electron chi connectivity index (χ4n) is 1.27. The molecule has 0 amide bonds.